The van der Waals surface area contributed by atoms with E-state index in [4.69, 9.17) is 0 Å². The number of likely N-dealkylation sites (N-methyl/N-ethyl adjacent to an activating group) is 1. The zero-order chi connectivity index (χ0) is 19.8. The molecule has 0 aliphatic heterocycles. The van der Waals surface area contributed by atoms with Crippen LogP contribution in [0.5, 0.6) is 0 Å². The van der Waals surface area contributed by atoms with Gasteiger partial charge in [-0.15, -0.1) is 6.58 Å². The summed E-state index contributed by atoms with van der Waals surface area (Å²) in [5, 5.41) is 3.64. The molecule has 1 heterocycles. The van der Waals surface area contributed by atoms with E-state index in [1.165, 1.54) is 16.7 Å². The van der Waals surface area contributed by atoms with Crippen LogP contribution in [0.15, 0.2) is 46.9 Å². The highest BCUT2D eigenvalue weighted by molar-refractivity contribution is 8.00. The van der Waals surface area contributed by atoms with Crippen LogP contribution in [-0.2, 0) is 11.3 Å². The van der Waals surface area contributed by atoms with Crippen molar-refractivity contribution in [2.75, 3.05) is 26.2 Å². The number of carbonyl (C=O) groups is 1. The van der Waals surface area contributed by atoms with Crippen molar-refractivity contribution < 1.29 is 9.69 Å². The quantitative estimate of drug-likeness (QED) is 0.363. The van der Waals surface area contributed by atoms with Crippen LogP contribution in [-0.4, -0.2) is 46.9 Å². The summed E-state index contributed by atoms with van der Waals surface area (Å²) < 4.78 is 1.72. The van der Waals surface area contributed by atoms with Crippen LogP contribution in [0, 0.1) is 0 Å². The van der Waals surface area contributed by atoms with Crippen LogP contribution < -0.4 is 15.8 Å². The van der Waals surface area contributed by atoms with Gasteiger partial charge in [0.1, 0.15) is 0 Å². The lowest BCUT2D eigenvalue weighted by atomic mass is 10.2. The third-order valence-corrected chi connectivity index (χ3v) is 5.68. The Hall–Kier alpha value is -2.12. The summed E-state index contributed by atoms with van der Waals surface area (Å²) in [4.78, 5) is 31.4. The Morgan fingerprint density at radius 2 is 2.07 bits per heavy atom. The number of fused-ring (bicyclic) bond motifs is 1. The van der Waals surface area contributed by atoms with Gasteiger partial charge in [0.05, 0.1) is 42.3 Å². The minimum absolute atomic E-state index is 0.0478. The number of thioether (sulfide) groups is 1. The maximum absolute atomic E-state index is 13.0. The number of rotatable bonds is 10. The highest BCUT2D eigenvalue weighted by Crippen LogP contribution is 2.22. The third kappa shape index (κ3) is 5.43. The molecule has 1 aromatic heterocycles. The molecule has 0 fully saturated rings. The SMILES string of the molecule is C=CCNC(=O)[C@@H](C)Sc1nc2ccccc2c(=O)n1CC[NH+](CC)CC. The number of hydrogen-bond donors (Lipinski definition) is 2. The van der Waals surface area contributed by atoms with Crippen molar-refractivity contribution >= 4 is 28.6 Å². The molecule has 27 heavy (non-hydrogen) atoms. The largest absolute Gasteiger partial charge is 0.352 e. The number of para-hydroxylation sites is 1. The van der Waals surface area contributed by atoms with E-state index < -0.39 is 0 Å². The summed E-state index contributed by atoms with van der Waals surface area (Å²) in [5.74, 6) is -0.0942. The van der Waals surface area contributed by atoms with Crippen LogP contribution in [0.1, 0.15) is 20.8 Å². The summed E-state index contributed by atoms with van der Waals surface area (Å²) in [6, 6.07) is 7.36. The Morgan fingerprint density at radius 3 is 2.74 bits per heavy atom. The minimum atomic E-state index is -0.356. The molecule has 0 saturated heterocycles. The summed E-state index contributed by atoms with van der Waals surface area (Å²) in [5.41, 5.74) is 0.614. The molecule has 6 nitrogen and oxygen atoms in total. The van der Waals surface area contributed by atoms with Crippen LogP contribution in [0.3, 0.4) is 0 Å². The molecule has 0 spiro atoms. The van der Waals surface area contributed by atoms with Gasteiger partial charge in [0.15, 0.2) is 5.16 Å². The normalized spacial score (nSPS) is 12.3. The molecule has 2 N–H and O–H groups in total. The van der Waals surface area contributed by atoms with Crippen molar-refractivity contribution in [2.24, 2.45) is 0 Å². The number of nitrogens with zero attached hydrogens (tertiary/aromatic N) is 2. The van der Waals surface area contributed by atoms with Gasteiger partial charge in [-0.1, -0.05) is 30.0 Å². The first-order valence-electron chi connectivity index (χ1n) is 9.40. The lowest BCUT2D eigenvalue weighted by Gasteiger charge is -2.19. The minimum Gasteiger partial charge on any atom is -0.352 e. The summed E-state index contributed by atoms with van der Waals surface area (Å²) in [6.07, 6.45) is 1.65. The number of benzene rings is 1. The molecule has 2 rings (SSSR count). The molecular weight excluding hydrogens is 360 g/mol. The van der Waals surface area contributed by atoms with Crippen LogP contribution in [0.4, 0.5) is 0 Å². The van der Waals surface area contributed by atoms with Crippen molar-refractivity contribution in [3.63, 3.8) is 0 Å². The van der Waals surface area contributed by atoms with Gasteiger partial charge in [0.2, 0.25) is 5.91 Å². The van der Waals surface area contributed by atoms with Crippen molar-refractivity contribution in [1.82, 2.24) is 14.9 Å². The van der Waals surface area contributed by atoms with Gasteiger partial charge < -0.3 is 10.2 Å². The molecule has 0 saturated carbocycles. The number of hydrogen-bond acceptors (Lipinski definition) is 4. The number of carbonyl (C=O) groups excluding carboxylic acids is 1. The fraction of sp³-hybridized carbons (Fsp3) is 0.450. The number of nitrogens with one attached hydrogen (secondary N) is 2. The highest BCUT2D eigenvalue weighted by Gasteiger charge is 2.19. The second kappa shape index (κ2) is 10.3. The number of amides is 1. The maximum atomic E-state index is 13.0. The Bertz CT molecular complexity index is 845. The summed E-state index contributed by atoms with van der Waals surface area (Å²) in [7, 11) is 0. The molecular formula is C20H29N4O2S+. The molecule has 7 heteroatoms. The van der Waals surface area contributed by atoms with E-state index >= 15 is 0 Å². The van der Waals surface area contributed by atoms with Gasteiger partial charge in [-0.25, -0.2) is 4.98 Å². The number of quaternary nitrogens is 1. The topological polar surface area (TPSA) is 68.4 Å². The number of aromatic nitrogens is 2. The van der Waals surface area contributed by atoms with E-state index in [1.54, 1.807) is 16.7 Å². The zero-order valence-corrected chi connectivity index (χ0v) is 17.1. The molecule has 1 atom stereocenters. The molecule has 0 bridgehead atoms. The van der Waals surface area contributed by atoms with Crippen molar-refractivity contribution in [1.29, 1.82) is 0 Å². The molecule has 2 aromatic rings. The van der Waals surface area contributed by atoms with Gasteiger partial charge in [0, 0.05) is 6.54 Å². The zero-order valence-electron chi connectivity index (χ0n) is 16.3. The van der Waals surface area contributed by atoms with E-state index in [-0.39, 0.29) is 16.7 Å². The van der Waals surface area contributed by atoms with E-state index in [0.29, 0.717) is 29.1 Å². The molecule has 0 aliphatic carbocycles. The molecule has 1 amide bonds. The second-order valence-corrected chi connectivity index (χ2v) is 7.68. The van der Waals surface area contributed by atoms with Gasteiger partial charge in [-0.05, 0) is 32.9 Å². The lowest BCUT2D eigenvalue weighted by Crippen LogP contribution is -3.11. The summed E-state index contributed by atoms with van der Waals surface area (Å²) >= 11 is 1.32. The monoisotopic (exact) mass is 389 g/mol. The van der Waals surface area contributed by atoms with Crippen LogP contribution in [0.2, 0.25) is 0 Å². The lowest BCUT2D eigenvalue weighted by molar-refractivity contribution is -0.897. The Kier molecular flexibility index (Phi) is 8.06. The third-order valence-electron chi connectivity index (χ3n) is 4.59. The van der Waals surface area contributed by atoms with E-state index in [0.717, 1.165) is 19.6 Å². The van der Waals surface area contributed by atoms with E-state index in [1.807, 2.05) is 25.1 Å². The smallest absolute Gasteiger partial charge is 0.262 e. The Balaban J connectivity index is 2.36. The summed E-state index contributed by atoms with van der Waals surface area (Å²) in [6.45, 7) is 13.6. The van der Waals surface area contributed by atoms with Crippen molar-refractivity contribution in [3.05, 3.63) is 47.3 Å². The second-order valence-electron chi connectivity index (χ2n) is 6.37. The standard InChI is InChI=1S/C20H28N4O2S/c1-5-12-21-18(25)15(4)27-20-22-17-11-9-8-10-16(17)19(26)24(20)14-13-23(6-2)7-3/h5,8-11,15H,1,6-7,12-14H2,2-4H3,(H,21,25)/p+1/t15-/m1/s1. The van der Waals surface area contributed by atoms with Crippen molar-refractivity contribution in [2.45, 2.75) is 37.7 Å². The fourth-order valence-electron chi connectivity index (χ4n) is 2.84. The first kappa shape index (κ1) is 21.2. The van der Waals surface area contributed by atoms with Gasteiger partial charge >= 0.3 is 0 Å². The van der Waals surface area contributed by atoms with Gasteiger partial charge in [-0.2, -0.15) is 0 Å². The average molecular weight is 390 g/mol. The fourth-order valence-corrected chi connectivity index (χ4v) is 3.80. The predicted molar refractivity (Wildman–Crippen MR) is 111 cm³/mol. The average Bonchev–Trinajstić information content (AvgIpc) is 2.68. The first-order valence-corrected chi connectivity index (χ1v) is 10.3. The molecule has 0 unspecified atom stereocenters. The van der Waals surface area contributed by atoms with E-state index in [2.05, 4.69) is 30.7 Å². The predicted octanol–water partition coefficient (Wildman–Crippen LogP) is 1.10. The Morgan fingerprint density at radius 1 is 1.37 bits per heavy atom. The van der Waals surface area contributed by atoms with E-state index in [9.17, 15) is 9.59 Å². The van der Waals surface area contributed by atoms with Gasteiger partial charge in [-0.3, -0.25) is 14.2 Å². The molecule has 146 valence electrons. The van der Waals surface area contributed by atoms with Crippen molar-refractivity contribution in [3.8, 4) is 0 Å². The molecule has 0 radical (unpaired) electrons. The van der Waals surface area contributed by atoms with Crippen LogP contribution in [0.25, 0.3) is 10.9 Å². The van der Waals surface area contributed by atoms with Crippen LogP contribution >= 0.6 is 11.8 Å². The highest BCUT2D eigenvalue weighted by atomic mass is 32.2. The molecule has 1 aromatic carbocycles. The first-order chi connectivity index (χ1) is 13.0. The maximum Gasteiger partial charge on any atom is 0.262 e. The van der Waals surface area contributed by atoms with Gasteiger partial charge in [0.25, 0.3) is 5.56 Å². The Labute approximate surface area is 164 Å². The molecule has 0 aliphatic rings.